The van der Waals surface area contributed by atoms with Crippen molar-refractivity contribution in [2.75, 3.05) is 25.2 Å². The lowest BCUT2D eigenvalue weighted by atomic mass is 10.0. The Kier molecular flexibility index (Phi) is 8.02. The van der Waals surface area contributed by atoms with Gasteiger partial charge in [0.05, 0.1) is 12.1 Å². The van der Waals surface area contributed by atoms with Gasteiger partial charge in [-0.25, -0.2) is 9.07 Å². The number of rotatable bonds is 10. The molecule has 4 aromatic rings. The average Bonchev–Trinajstić information content (AvgIpc) is 3.30. The van der Waals surface area contributed by atoms with E-state index in [1.54, 1.807) is 7.11 Å². The first-order chi connectivity index (χ1) is 17.5. The molecule has 2 amide bonds. The maximum Gasteiger partial charge on any atom is 0.249 e. The minimum Gasteiger partial charge on any atom is -0.383 e. The molecule has 1 atom stereocenters. The Hall–Kier alpha value is -4.11. The van der Waals surface area contributed by atoms with Gasteiger partial charge in [-0.3, -0.25) is 14.5 Å². The summed E-state index contributed by atoms with van der Waals surface area (Å²) in [6.45, 7) is 2.48. The van der Waals surface area contributed by atoms with Gasteiger partial charge in [-0.15, -0.1) is 5.10 Å². The molecule has 0 aliphatic rings. The number of nitrogens with one attached hydrogen (secondary N) is 1. The first-order valence-corrected chi connectivity index (χ1v) is 11.7. The summed E-state index contributed by atoms with van der Waals surface area (Å²) in [6.07, 6.45) is 0.838. The van der Waals surface area contributed by atoms with E-state index in [4.69, 9.17) is 4.74 Å². The maximum atomic E-state index is 13.9. The predicted molar refractivity (Wildman–Crippen MR) is 135 cm³/mol. The Bertz CT molecular complexity index is 1320. The molecule has 8 nitrogen and oxygen atoms in total. The van der Waals surface area contributed by atoms with Crippen LogP contribution in [0.1, 0.15) is 24.1 Å². The number of fused-ring (bicyclic) bond motifs is 1. The number of carbonyl (C=O) groups is 2. The Balaban J connectivity index is 1.77. The van der Waals surface area contributed by atoms with Crippen molar-refractivity contribution in [1.29, 1.82) is 0 Å². The molecule has 1 aromatic heterocycles. The van der Waals surface area contributed by atoms with E-state index in [9.17, 15) is 14.0 Å². The summed E-state index contributed by atoms with van der Waals surface area (Å²) in [5, 5.41) is 11.1. The summed E-state index contributed by atoms with van der Waals surface area (Å²) in [6, 6.07) is 19.4. The van der Waals surface area contributed by atoms with Crippen molar-refractivity contribution in [2.24, 2.45) is 0 Å². The van der Waals surface area contributed by atoms with Crippen LogP contribution < -0.4 is 10.2 Å². The fourth-order valence-electron chi connectivity index (χ4n) is 4.00. The van der Waals surface area contributed by atoms with Gasteiger partial charge in [0.2, 0.25) is 11.8 Å². The molecule has 0 unspecified atom stereocenters. The number of ether oxygens (including phenoxy) is 1. The highest BCUT2D eigenvalue weighted by molar-refractivity contribution is 6.01. The van der Waals surface area contributed by atoms with Gasteiger partial charge >= 0.3 is 0 Å². The van der Waals surface area contributed by atoms with Crippen LogP contribution in [0.3, 0.4) is 0 Å². The molecule has 1 heterocycles. The third kappa shape index (κ3) is 5.58. The molecule has 186 valence electrons. The van der Waals surface area contributed by atoms with Gasteiger partial charge in [-0.1, -0.05) is 48.5 Å². The summed E-state index contributed by atoms with van der Waals surface area (Å²) < 4.78 is 20.3. The number of methoxy groups -OCH3 is 1. The number of hydrogen-bond acceptors (Lipinski definition) is 5. The second kappa shape index (κ2) is 11.5. The first-order valence-electron chi connectivity index (χ1n) is 11.7. The molecule has 0 aliphatic heterocycles. The van der Waals surface area contributed by atoms with Crippen molar-refractivity contribution in [3.8, 4) is 0 Å². The number of amides is 2. The largest absolute Gasteiger partial charge is 0.383 e. The smallest absolute Gasteiger partial charge is 0.249 e. The first kappa shape index (κ1) is 25.0. The Morgan fingerprint density at radius 3 is 2.47 bits per heavy atom. The molecule has 1 N–H and O–H groups in total. The molecule has 0 saturated carbocycles. The summed E-state index contributed by atoms with van der Waals surface area (Å²) in [7, 11) is 1.55. The van der Waals surface area contributed by atoms with Crippen LogP contribution >= 0.6 is 0 Å². The van der Waals surface area contributed by atoms with Crippen molar-refractivity contribution >= 4 is 28.5 Å². The monoisotopic (exact) mass is 489 g/mol. The van der Waals surface area contributed by atoms with E-state index in [2.05, 4.69) is 15.6 Å². The molecule has 0 radical (unpaired) electrons. The highest BCUT2D eigenvalue weighted by Gasteiger charge is 2.33. The van der Waals surface area contributed by atoms with Crippen LogP contribution in [0, 0.1) is 5.82 Å². The van der Waals surface area contributed by atoms with Gasteiger partial charge in [-0.2, -0.15) is 0 Å². The number of halogens is 1. The highest BCUT2D eigenvalue weighted by Crippen LogP contribution is 2.29. The van der Waals surface area contributed by atoms with Crippen LogP contribution in [0.5, 0.6) is 0 Å². The molecular weight excluding hydrogens is 461 g/mol. The number of aryl methyl sites for hydroxylation is 1. The molecule has 0 bridgehead atoms. The van der Waals surface area contributed by atoms with Crippen LogP contribution in [0.15, 0.2) is 72.8 Å². The summed E-state index contributed by atoms with van der Waals surface area (Å²) in [5.74, 6) is -1.22. The quantitative estimate of drug-likeness (QED) is 0.344. The van der Waals surface area contributed by atoms with Gasteiger partial charge in [0, 0.05) is 19.3 Å². The van der Waals surface area contributed by atoms with E-state index in [1.165, 1.54) is 33.8 Å². The van der Waals surface area contributed by atoms with E-state index < -0.39 is 17.8 Å². The van der Waals surface area contributed by atoms with Crippen LogP contribution in [-0.2, 0) is 27.3 Å². The molecule has 0 saturated heterocycles. The Morgan fingerprint density at radius 2 is 1.78 bits per heavy atom. The second-order valence-corrected chi connectivity index (χ2v) is 8.26. The van der Waals surface area contributed by atoms with Gasteiger partial charge in [0.25, 0.3) is 0 Å². The topological polar surface area (TPSA) is 89.4 Å². The summed E-state index contributed by atoms with van der Waals surface area (Å²) >= 11 is 0. The van der Waals surface area contributed by atoms with E-state index in [-0.39, 0.29) is 19.0 Å². The minimum absolute atomic E-state index is 0.160. The molecular formula is C27H28FN5O3. The maximum absolute atomic E-state index is 13.9. The highest BCUT2D eigenvalue weighted by atomic mass is 19.1. The van der Waals surface area contributed by atoms with Crippen molar-refractivity contribution in [3.05, 3.63) is 89.7 Å². The van der Waals surface area contributed by atoms with Gasteiger partial charge in [0.15, 0.2) is 0 Å². The number of para-hydroxylation sites is 1. The minimum atomic E-state index is -1.000. The lowest BCUT2D eigenvalue weighted by molar-refractivity contribution is -0.127. The molecule has 9 heteroatoms. The van der Waals surface area contributed by atoms with Gasteiger partial charge in [0.1, 0.15) is 23.9 Å². The van der Waals surface area contributed by atoms with Gasteiger partial charge in [-0.05, 0) is 53.9 Å². The summed E-state index contributed by atoms with van der Waals surface area (Å²) in [4.78, 5) is 28.7. The molecule has 0 fully saturated rings. The third-order valence-electron chi connectivity index (χ3n) is 5.89. The van der Waals surface area contributed by atoms with E-state index >= 15 is 0 Å². The lowest BCUT2D eigenvalue weighted by Crippen LogP contribution is -2.46. The van der Waals surface area contributed by atoms with E-state index in [0.29, 0.717) is 28.9 Å². The molecule has 36 heavy (non-hydrogen) atoms. The zero-order chi connectivity index (χ0) is 25.5. The zero-order valence-electron chi connectivity index (χ0n) is 20.2. The Labute approximate surface area is 208 Å². The fraction of sp³-hybridized carbons (Fsp3) is 0.259. The van der Waals surface area contributed by atoms with Crippen LogP contribution in [0.4, 0.5) is 10.1 Å². The normalized spacial score (nSPS) is 11.9. The molecule has 3 aromatic carbocycles. The van der Waals surface area contributed by atoms with Crippen molar-refractivity contribution in [2.45, 2.75) is 25.9 Å². The standard InChI is InChI=1S/C27H28FN5O3/c1-3-19-8-10-20(11-9-19)26(27(35)29-16-17-36-2)33(22-14-12-21(28)13-15-22)25(34)18-32-24-7-5-4-6-23(24)30-31-32/h4-15,26H,3,16-18H2,1-2H3,(H,29,35)/t26-/m1/s1. The van der Waals surface area contributed by atoms with Crippen LogP contribution in [0.25, 0.3) is 11.0 Å². The average molecular weight is 490 g/mol. The summed E-state index contributed by atoms with van der Waals surface area (Å²) in [5.41, 5.74) is 3.47. The number of hydrogen-bond donors (Lipinski definition) is 1. The number of benzene rings is 3. The molecule has 4 rings (SSSR count). The Morgan fingerprint density at radius 1 is 1.06 bits per heavy atom. The third-order valence-corrected chi connectivity index (χ3v) is 5.89. The van der Waals surface area contributed by atoms with E-state index in [1.807, 2.05) is 55.5 Å². The van der Waals surface area contributed by atoms with E-state index in [0.717, 1.165) is 12.0 Å². The van der Waals surface area contributed by atoms with Crippen LogP contribution in [-0.4, -0.2) is 47.1 Å². The predicted octanol–water partition coefficient (Wildman–Crippen LogP) is 3.67. The number of carbonyl (C=O) groups excluding carboxylic acids is 2. The number of anilines is 1. The molecule has 0 spiro atoms. The second-order valence-electron chi connectivity index (χ2n) is 8.26. The zero-order valence-corrected chi connectivity index (χ0v) is 20.2. The number of nitrogens with zero attached hydrogens (tertiary/aromatic N) is 4. The SMILES string of the molecule is CCc1ccc([C@H](C(=O)NCCOC)N(C(=O)Cn2nnc3ccccc32)c2ccc(F)cc2)cc1. The van der Waals surface area contributed by atoms with Crippen molar-refractivity contribution < 1.29 is 18.7 Å². The fourth-order valence-corrected chi connectivity index (χ4v) is 4.00. The molecule has 0 aliphatic carbocycles. The number of aromatic nitrogens is 3. The van der Waals surface area contributed by atoms with Crippen molar-refractivity contribution in [1.82, 2.24) is 20.3 Å². The van der Waals surface area contributed by atoms with Crippen molar-refractivity contribution in [3.63, 3.8) is 0 Å². The van der Waals surface area contributed by atoms with Crippen LogP contribution in [0.2, 0.25) is 0 Å². The lowest BCUT2D eigenvalue weighted by Gasteiger charge is -2.31. The van der Waals surface area contributed by atoms with Gasteiger partial charge < -0.3 is 10.1 Å².